The molecule has 176 valence electrons. The van der Waals surface area contributed by atoms with Crippen LogP contribution in [0.1, 0.15) is 35.3 Å². The first-order valence-electron chi connectivity index (χ1n) is 10.5. The number of amides is 2. The van der Waals surface area contributed by atoms with E-state index in [2.05, 4.69) is 5.32 Å². The van der Waals surface area contributed by atoms with E-state index in [0.29, 0.717) is 5.56 Å². The number of carbonyl (C=O) groups excluding carboxylic acids is 2. The fraction of sp³-hybridized carbons (Fsp3) is 0.375. The number of hydrogen-bond donors (Lipinski definition) is 3. The number of carboxylic acid groups (broad SMARTS) is 1. The maximum Gasteiger partial charge on any atom is 0.327 e. The Kier molecular flexibility index (Phi) is 7.44. The van der Waals surface area contributed by atoms with Crippen LogP contribution in [-0.4, -0.2) is 61.7 Å². The fourth-order valence-electron chi connectivity index (χ4n) is 3.97. The van der Waals surface area contributed by atoms with E-state index in [-0.39, 0.29) is 17.9 Å². The van der Waals surface area contributed by atoms with Crippen molar-refractivity contribution in [2.75, 3.05) is 5.88 Å². The van der Waals surface area contributed by atoms with Crippen LogP contribution < -0.4 is 5.32 Å². The lowest BCUT2D eigenvalue weighted by Crippen LogP contribution is -2.57. The first kappa shape index (κ1) is 24.7. The Hall–Kier alpha value is -2.91. The van der Waals surface area contributed by atoms with Crippen molar-refractivity contribution in [1.82, 2.24) is 10.2 Å². The highest BCUT2D eigenvalue weighted by molar-refractivity contribution is 8.00. The summed E-state index contributed by atoms with van der Waals surface area (Å²) in [5, 5.41) is 23.4. The van der Waals surface area contributed by atoms with Gasteiger partial charge in [0, 0.05) is 10.3 Å². The number of carbonyl (C=O) groups is 3. The van der Waals surface area contributed by atoms with E-state index in [9.17, 15) is 29.0 Å². The van der Waals surface area contributed by atoms with Crippen LogP contribution in [0.4, 0.5) is 4.39 Å². The van der Waals surface area contributed by atoms with Crippen molar-refractivity contribution in [1.29, 1.82) is 0 Å². The SMILES string of the molecule is Cc1cc(F)ccc1C(=O)N[C@@H](Cc1ccccc1)[C@H](O)C(=O)N1CSC(C)(C)[C@H]1C(=O)O. The van der Waals surface area contributed by atoms with Gasteiger partial charge < -0.3 is 20.4 Å². The third kappa shape index (κ3) is 5.54. The Balaban J connectivity index is 1.87. The quantitative estimate of drug-likeness (QED) is 0.570. The van der Waals surface area contributed by atoms with Crippen LogP contribution >= 0.6 is 11.8 Å². The average Bonchev–Trinajstić information content (AvgIpc) is 3.08. The number of aryl methyl sites for hydroxylation is 1. The van der Waals surface area contributed by atoms with E-state index in [1.807, 2.05) is 6.07 Å². The van der Waals surface area contributed by atoms with E-state index >= 15 is 0 Å². The second-order valence-corrected chi connectivity index (χ2v) is 10.2. The molecule has 0 radical (unpaired) electrons. The number of thioether (sulfide) groups is 1. The summed E-state index contributed by atoms with van der Waals surface area (Å²) in [5.41, 5.74) is 1.40. The van der Waals surface area contributed by atoms with Crippen molar-refractivity contribution in [3.63, 3.8) is 0 Å². The predicted molar refractivity (Wildman–Crippen MR) is 123 cm³/mol. The van der Waals surface area contributed by atoms with E-state index in [0.717, 1.165) is 16.5 Å². The lowest BCUT2D eigenvalue weighted by molar-refractivity contribution is -0.154. The Morgan fingerprint density at radius 3 is 2.48 bits per heavy atom. The Morgan fingerprint density at radius 1 is 1.21 bits per heavy atom. The van der Waals surface area contributed by atoms with Gasteiger partial charge in [0.2, 0.25) is 0 Å². The van der Waals surface area contributed by atoms with Crippen LogP contribution in [0, 0.1) is 12.7 Å². The van der Waals surface area contributed by atoms with E-state index in [4.69, 9.17) is 0 Å². The van der Waals surface area contributed by atoms with Crippen LogP contribution in [-0.2, 0) is 16.0 Å². The highest BCUT2D eigenvalue weighted by Crippen LogP contribution is 2.39. The maximum atomic E-state index is 13.5. The molecule has 9 heteroatoms. The topological polar surface area (TPSA) is 107 Å². The minimum atomic E-state index is -1.67. The van der Waals surface area contributed by atoms with Crippen LogP contribution in [0.2, 0.25) is 0 Å². The van der Waals surface area contributed by atoms with Gasteiger partial charge in [-0.15, -0.1) is 11.8 Å². The molecular formula is C24H27FN2O5S. The number of aliphatic carboxylic acids is 1. The molecule has 2 aromatic rings. The summed E-state index contributed by atoms with van der Waals surface area (Å²) in [6.07, 6.45) is -1.53. The zero-order valence-electron chi connectivity index (χ0n) is 18.6. The Labute approximate surface area is 196 Å². The molecule has 3 atom stereocenters. The van der Waals surface area contributed by atoms with Crippen molar-refractivity contribution in [3.05, 3.63) is 71.0 Å². The number of rotatable bonds is 7. The van der Waals surface area contributed by atoms with Gasteiger partial charge in [-0.05, 0) is 56.5 Å². The van der Waals surface area contributed by atoms with Crippen LogP contribution in [0.3, 0.4) is 0 Å². The predicted octanol–water partition coefficient (Wildman–Crippen LogP) is 2.60. The molecule has 1 fully saturated rings. The number of benzene rings is 2. The summed E-state index contributed by atoms with van der Waals surface area (Å²) in [5.74, 6) is -2.85. The molecule has 1 aliphatic rings. The summed E-state index contributed by atoms with van der Waals surface area (Å²) in [6.45, 7) is 5.06. The third-order valence-electron chi connectivity index (χ3n) is 5.74. The van der Waals surface area contributed by atoms with Gasteiger partial charge in [-0.2, -0.15) is 0 Å². The van der Waals surface area contributed by atoms with Gasteiger partial charge in [0.25, 0.3) is 11.8 Å². The van der Waals surface area contributed by atoms with Crippen molar-refractivity contribution in [2.45, 2.75) is 50.1 Å². The first-order chi connectivity index (χ1) is 15.5. The second kappa shape index (κ2) is 9.93. The Morgan fingerprint density at radius 2 is 1.88 bits per heavy atom. The van der Waals surface area contributed by atoms with Crippen LogP contribution in [0.5, 0.6) is 0 Å². The minimum absolute atomic E-state index is 0.114. The number of aliphatic hydroxyl groups is 1. The molecule has 1 saturated heterocycles. The first-order valence-corrected chi connectivity index (χ1v) is 11.5. The molecule has 0 saturated carbocycles. The largest absolute Gasteiger partial charge is 0.480 e. The van der Waals surface area contributed by atoms with E-state index in [1.54, 1.807) is 45.0 Å². The normalized spacial score (nSPS) is 19.1. The monoisotopic (exact) mass is 474 g/mol. The number of hydrogen-bond acceptors (Lipinski definition) is 5. The van der Waals surface area contributed by atoms with Crippen molar-refractivity contribution in [2.24, 2.45) is 0 Å². The molecule has 3 N–H and O–H groups in total. The molecule has 0 spiro atoms. The zero-order chi connectivity index (χ0) is 24.3. The van der Waals surface area contributed by atoms with Crippen molar-refractivity contribution in [3.8, 4) is 0 Å². The molecular weight excluding hydrogens is 447 g/mol. The van der Waals surface area contributed by atoms with Crippen LogP contribution in [0.15, 0.2) is 48.5 Å². The molecule has 1 aliphatic heterocycles. The molecule has 1 heterocycles. The molecule has 33 heavy (non-hydrogen) atoms. The van der Waals surface area contributed by atoms with Gasteiger partial charge >= 0.3 is 5.97 Å². The van der Waals surface area contributed by atoms with Crippen molar-refractivity contribution >= 4 is 29.5 Å². The molecule has 0 unspecified atom stereocenters. The lowest BCUT2D eigenvalue weighted by atomic mass is 9.97. The van der Waals surface area contributed by atoms with E-state index in [1.165, 1.54) is 23.9 Å². The average molecular weight is 475 g/mol. The van der Waals surface area contributed by atoms with Gasteiger partial charge in [-0.1, -0.05) is 30.3 Å². The summed E-state index contributed by atoms with van der Waals surface area (Å²) in [6, 6.07) is 10.6. The highest BCUT2D eigenvalue weighted by atomic mass is 32.2. The zero-order valence-corrected chi connectivity index (χ0v) is 19.4. The summed E-state index contributed by atoms with van der Waals surface area (Å²) >= 11 is 1.31. The van der Waals surface area contributed by atoms with Gasteiger partial charge in [-0.3, -0.25) is 9.59 Å². The molecule has 7 nitrogen and oxygen atoms in total. The number of nitrogens with one attached hydrogen (secondary N) is 1. The molecule has 2 amide bonds. The summed E-state index contributed by atoms with van der Waals surface area (Å²) in [7, 11) is 0. The highest BCUT2D eigenvalue weighted by Gasteiger charge is 2.50. The molecule has 0 aliphatic carbocycles. The molecule has 3 rings (SSSR count). The maximum absolute atomic E-state index is 13.5. The van der Waals surface area contributed by atoms with Gasteiger partial charge in [0.05, 0.1) is 11.9 Å². The fourth-order valence-corrected chi connectivity index (χ4v) is 5.10. The summed E-state index contributed by atoms with van der Waals surface area (Å²) < 4.78 is 12.7. The Bertz CT molecular complexity index is 1050. The number of carboxylic acids is 1. The third-order valence-corrected chi connectivity index (χ3v) is 7.12. The number of halogens is 1. The lowest BCUT2D eigenvalue weighted by Gasteiger charge is -2.31. The molecule has 0 aromatic heterocycles. The summed E-state index contributed by atoms with van der Waals surface area (Å²) in [4.78, 5) is 39.1. The van der Waals surface area contributed by atoms with Gasteiger partial charge in [0.15, 0.2) is 6.10 Å². The smallest absolute Gasteiger partial charge is 0.327 e. The second-order valence-electron chi connectivity index (χ2n) is 8.60. The molecule has 0 bridgehead atoms. The van der Waals surface area contributed by atoms with Crippen molar-refractivity contribution < 1.29 is 29.0 Å². The molecule has 2 aromatic carbocycles. The number of aliphatic hydroxyl groups excluding tert-OH is 1. The van der Waals surface area contributed by atoms with Crippen LogP contribution in [0.25, 0.3) is 0 Å². The van der Waals surface area contributed by atoms with Gasteiger partial charge in [0.1, 0.15) is 11.9 Å². The van der Waals surface area contributed by atoms with Gasteiger partial charge in [-0.25, -0.2) is 9.18 Å². The standard InChI is InChI=1S/C24H27FN2O5S/c1-14-11-16(25)9-10-17(14)21(29)26-18(12-15-7-5-4-6-8-15)19(28)22(30)27-13-33-24(2,3)20(27)23(31)32/h4-11,18-20,28H,12-13H2,1-3H3,(H,26,29)(H,31,32)/t18-,19-,20+/m0/s1. The van der Waals surface area contributed by atoms with E-state index < -0.39 is 46.5 Å². The number of nitrogens with zero attached hydrogens (tertiary/aromatic N) is 1. The minimum Gasteiger partial charge on any atom is -0.480 e.